The lowest BCUT2D eigenvalue weighted by Crippen LogP contribution is -2.38. The summed E-state index contributed by atoms with van der Waals surface area (Å²) >= 11 is 1.48. The molecule has 0 aromatic heterocycles. The Labute approximate surface area is 188 Å². The van der Waals surface area contributed by atoms with Crippen molar-refractivity contribution in [3.05, 3.63) is 29.6 Å². The molecule has 0 saturated heterocycles. The van der Waals surface area contributed by atoms with Gasteiger partial charge >= 0.3 is 11.9 Å². The van der Waals surface area contributed by atoms with Crippen molar-refractivity contribution in [2.45, 2.75) is 70.7 Å². The topological polar surface area (TPSA) is 72.8 Å². The van der Waals surface area contributed by atoms with Crippen molar-refractivity contribution in [3.8, 4) is 0 Å². The monoisotopic (exact) mass is 452 g/mol. The summed E-state index contributed by atoms with van der Waals surface area (Å²) in [6, 6.07) is 4.87. The van der Waals surface area contributed by atoms with Crippen molar-refractivity contribution < 1.29 is 28.6 Å². The molecule has 5 nitrogen and oxygen atoms in total. The van der Waals surface area contributed by atoms with Crippen LogP contribution in [0.3, 0.4) is 0 Å². The zero-order valence-electron chi connectivity index (χ0n) is 19.3. The van der Waals surface area contributed by atoms with Crippen LogP contribution in [0.2, 0.25) is 0 Å². The number of carbonyl (C=O) groups is 2. The van der Waals surface area contributed by atoms with E-state index in [1.54, 1.807) is 60.6 Å². The molecule has 0 radical (unpaired) electrons. The first-order valence-corrected chi connectivity index (χ1v) is 11.7. The summed E-state index contributed by atoms with van der Waals surface area (Å²) in [5.41, 5.74) is -0.744. The van der Waals surface area contributed by atoms with Gasteiger partial charge in [0.25, 0.3) is 0 Å². The van der Waals surface area contributed by atoms with Gasteiger partial charge in [0.1, 0.15) is 17.0 Å². The van der Waals surface area contributed by atoms with Crippen LogP contribution in [0.5, 0.6) is 0 Å². The van der Waals surface area contributed by atoms with Gasteiger partial charge in [-0.15, -0.1) is 11.8 Å². The summed E-state index contributed by atoms with van der Waals surface area (Å²) in [7, 11) is 0. The van der Waals surface area contributed by atoms with E-state index in [2.05, 4.69) is 0 Å². The molecule has 1 aromatic carbocycles. The van der Waals surface area contributed by atoms with E-state index in [9.17, 15) is 19.1 Å². The van der Waals surface area contributed by atoms with Crippen molar-refractivity contribution in [2.75, 3.05) is 5.75 Å². The van der Waals surface area contributed by atoms with Crippen molar-refractivity contribution >= 4 is 23.7 Å². The van der Waals surface area contributed by atoms with E-state index in [1.807, 2.05) is 0 Å². The number of benzene rings is 1. The maximum Gasteiger partial charge on any atom is 0.310 e. The van der Waals surface area contributed by atoms with Crippen LogP contribution >= 0.6 is 11.8 Å². The molecule has 0 amide bonds. The average molecular weight is 453 g/mol. The fraction of sp³-hybridized carbons (Fsp3) is 0.667. The molecule has 0 bridgehead atoms. The fourth-order valence-corrected chi connectivity index (χ4v) is 5.75. The molecule has 2 fully saturated rings. The molecule has 1 N–H and O–H groups in total. The van der Waals surface area contributed by atoms with Gasteiger partial charge in [-0.2, -0.15) is 0 Å². The minimum absolute atomic E-state index is 0.265. The third-order valence-electron chi connectivity index (χ3n) is 5.77. The van der Waals surface area contributed by atoms with Gasteiger partial charge in [-0.05, 0) is 78.1 Å². The number of halogens is 1. The first-order valence-electron chi connectivity index (χ1n) is 10.7. The first kappa shape index (κ1) is 24.1. The fourth-order valence-electron chi connectivity index (χ4n) is 4.53. The first-order chi connectivity index (χ1) is 14.2. The highest BCUT2D eigenvalue weighted by molar-refractivity contribution is 7.99. The zero-order chi connectivity index (χ0) is 23.3. The molecule has 1 aromatic rings. The van der Waals surface area contributed by atoms with E-state index in [0.717, 1.165) is 4.90 Å². The van der Waals surface area contributed by atoms with Gasteiger partial charge in [0, 0.05) is 22.5 Å². The van der Waals surface area contributed by atoms with E-state index >= 15 is 0 Å². The number of aliphatic hydroxyl groups is 1. The van der Waals surface area contributed by atoms with Crippen LogP contribution in [-0.4, -0.2) is 40.1 Å². The Hall–Kier alpha value is -1.60. The number of fused-ring (bicyclic) bond motifs is 1. The summed E-state index contributed by atoms with van der Waals surface area (Å²) in [6.45, 7) is 12.5. The summed E-state index contributed by atoms with van der Waals surface area (Å²) in [5, 5.41) is 11.0. The highest BCUT2D eigenvalue weighted by Gasteiger charge is 2.72. The van der Waals surface area contributed by atoms with E-state index < -0.39 is 29.1 Å². The molecule has 0 aliphatic heterocycles. The van der Waals surface area contributed by atoms with Gasteiger partial charge in [-0.3, -0.25) is 9.59 Å². The second kappa shape index (κ2) is 8.39. The molecular weight excluding hydrogens is 419 g/mol. The lowest BCUT2D eigenvalue weighted by Gasteiger charge is -2.29. The van der Waals surface area contributed by atoms with E-state index in [4.69, 9.17) is 9.47 Å². The Morgan fingerprint density at radius 3 is 2.06 bits per heavy atom. The molecule has 7 heteroatoms. The molecule has 3 rings (SSSR count). The lowest BCUT2D eigenvalue weighted by atomic mass is 9.88. The molecule has 172 valence electrons. The second-order valence-electron chi connectivity index (χ2n) is 10.6. The number of carbonyl (C=O) groups excluding carboxylic acids is 2. The zero-order valence-corrected chi connectivity index (χ0v) is 20.1. The van der Waals surface area contributed by atoms with Crippen LogP contribution < -0.4 is 0 Å². The van der Waals surface area contributed by atoms with Gasteiger partial charge < -0.3 is 14.6 Å². The van der Waals surface area contributed by atoms with Crippen molar-refractivity contribution in [3.63, 3.8) is 0 Å². The van der Waals surface area contributed by atoms with Gasteiger partial charge in [0.2, 0.25) is 0 Å². The predicted molar refractivity (Wildman–Crippen MR) is 117 cm³/mol. The number of thioether (sulfide) groups is 1. The van der Waals surface area contributed by atoms with Crippen LogP contribution in [0.1, 0.15) is 47.1 Å². The standard InChI is InChI=1S/C24H33FO5S/c1-12-10-13(8-9-15(12)25)31-11-14-16(21(27)29-23(2,3)4)17-18(20(14)26)19(17)22(28)30-24(5,6)7/h8-10,14,16-20,26H,11H2,1-7H3. The van der Waals surface area contributed by atoms with E-state index in [-0.39, 0.29) is 35.5 Å². The quantitative estimate of drug-likeness (QED) is 0.528. The minimum Gasteiger partial charge on any atom is -0.460 e. The molecule has 0 spiro atoms. The maximum absolute atomic E-state index is 13.6. The molecule has 6 unspecified atom stereocenters. The number of rotatable bonds is 5. The SMILES string of the molecule is Cc1cc(SCC2C(O)C3C(C(=O)OC(C)(C)C)C3C2C(=O)OC(C)(C)C)ccc1F. The Bertz CT molecular complexity index is 857. The molecule has 0 heterocycles. The minimum atomic E-state index is -0.797. The van der Waals surface area contributed by atoms with Crippen LogP contribution in [0.4, 0.5) is 4.39 Å². The highest BCUT2D eigenvalue weighted by Crippen LogP contribution is 2.64. The van der Waals surface area contributed by atoms with Gasteiger partial charge in [0.05, 0.1) is 17.9 Å². The molecule has 2 saturated carbocycles. The normalized spacial score (nSPS) is 30.0. The lowest BCUT2D eigenvalue weighted by molar-refractivity contribution is -0.165. The van der Waals surface area contributed by atoms with E-state index in [0.29, 0.717) is 11.3 Å². The van der Waals surface area contributed by atoms with Crippen LogP contribution in [0.15, 0.2) is 23.1 Å². The molecule has 31 heavy (non-hydrogen) atoms. The van der Waals surface area contributed by atoms with Gasteiger partial charge in [0.15, 0.2) is 0 Å². The number of aliphatic hydroxyl groups excluding tert-OH is 1. The summed E-state index contributed by atoms with van der Waals surface area (Å²) < 4.78 is 24.7. The Morgan fingerprint density at radius 2 is 1.55 bits per heavy atom. The number of aryl methyl sites for hydroxylation is 1. The Morgan fingerprint density at radius 1 is 1.00 bits per heavy atom. The van der Waals surface area contributed by atoms with Crippen molar-refractivity contribution in [1.29, 1.82) is 0 Å². The largest absolute Gasteiger partial charge is 0.460 e. The predicted octanol–water partition coefficient (Wildman–Crippen LogP) is 4.38. The van der Waals surface area contributed by atoms with Gasteiger partial charge in [-0.25, -0.2) is 4.39 Å². The van der Waals surface area contributed by atoms with Crippen LogP contribution in [-0.2, 0) is 19.1 Å². The van der Waals surface area contributed by atoms with Crippen molar-refractivity contribution in [2.24, 2.45) is 29.6 Å². The maximum atomic E-state index is 13.6. The highest BCUT2D eigenvalue weighted by atomic mass is 32.2. The number of hydrogen-bond donors (Lipinski definition) is 1. The average Bonchev–Trinajstić information content (AvgIpc) is 3.26. The smallest absolute Gasteiger partial charge is 0.310 e. The number of ether oxygens (including phenoxy) is 2. The van der Waals surface area contributed by atoms with Crippen LogP contribution in [0, 0.1) is 42.3 Å². The second-order valence-corrected chi connectivity index (χ2v) is 11.7. The van der Waals surface area contributed by atoms with Crippen molar-refractivity contribution in [1.82, 2.24) is 0 Å². The molecule has 2 aliphatic rings. The summed E-state index contributed by atoms with van der Waals surface area (Å²) in [4.78, 5) is 26.6. The Kier molecular flexibility index (Phi) is 6.51. The third kappa shape index (κ3) is 5.43. The third-order valence-corrected chi connectivity index (χ3v) is 6.91. The van der Waals surface area contributed by atoms with E-state index in [1.165, 1.54) is 17.8 Å². The summed E-state index contributed by atoms with van der Waals surface area (Å²) in [6.07, 6.45) is -0.797. The molecule has 2 aliphatic carbocycles. The number of hydrogen-bond acceptors (Lipinski definition) is 6. The Balaban J connectivity index is 1.78. The van der Waals surface area contributed by atoms with Crippen LogP contribution in [0.25, 0.3) is 0 Å². The molecular formula is C24H33FO5S. The summed E-state index contributed by atoms with van der Waals surface area (Å²) in [5.74, 6) is -2.52. The number of esters is 2. The van der Waals surface area contributed by atoms with Gasteiger partial charge in [-0.1, -0.05) is 0 Å². The molecule has 6 atom stereocenters.